The zero-order chi connectivity index (χ0) is 14.2. The zero-order valence-electron chi connectivity index (χ0n) is 11.5. The van der Waals surface area contributed by atoms with Gasteiger partial charge in [-0.05, 0) is 50.4 Å². The lowest BCUT2D eigenvalue weighted by Crippen LogP contribution is -2.37. The van der Waals surface area contributed by atoms with Crippen molar-refractivity contribution in [3.05, 3.63) is 33.8 Å². The fraction of sp³-hybridized carbons (Fsp3) is 0.533. The topological polar surface area (TPSA) is 20.3 Å². The van der Waals surface area contributed by atoms with Crippen molar-refractivity contribution in [2.24, 2.45) is 11.8 Å². The highest BCUT2D eigenvalue weighted by Gasteiger charge is 2.35. The molecule has 1 aliphatic carbocycles. The molecule has 19 heavy (non-hydrogen) atoms. The van der Waals surface area contributed by atoms with Crippen molar-refractivity contribution in [1.29, 1.82) is 0 Å². The van der Waals surface area contributed by atoms with Crippen LogP contribution in [-0.4, -0.2) is 30.3 Å². The van der Waals surface area contributed by atoms with Gasteiger partial charge < -0.3 is 0 Å². The molecule has 104 valence electrons. The number of halogens is 2. The SMILES string of the molecule is CC1CC1CN(C)C(C)C(=O)c1ccc(Cl)cc1Cl. The van der Waals surface area contributed by atoms with Crippen molar-refractivity contribution in [2.45, 2.75) is 26.3 Å². The molecule has 3 atom stereocenters. The van der Waals surface area contributed by atoms with Crippen LogP contribution >= 0.6 is 23.2 Å². The molecule has 4 heteroatoms. The maximum absolute atomic E-state index is 12.4. The van der Waals surface area contributed by atoms with Crippen molar-refractivity contribution >= 4 is 29.0 Å². The van der Waals surface area contributed by atoms with Gasteiger partial charge in [0.2, 0.25) is 0 Å². The molecule has 0 aromatic heterocycles. The van der Waals surface area contributed by atoms with E-state index in [0.29, 0.717) is 15.6 Å². The molecular weight excluding hydrogens is 281 g/mol. The number of ketones is 1. The highest BCUT2D eigenvalue weighted by molar-refractivity contribution is 6.37. The summed E-state index contributed by atoms with van der Waals surface area (Å²) in [5.74, 6) is 1.59. The van der Waals surface area contributed by atoms with E-state index in [-0.39, 0.29) is 11.8 Å². The molecule has 0 heterocycles. The van der Waals surface area contributed by atoms with E-state index in [1.165, 1.54) is 6.42 Å². The number of Topliss-reactive ketones (excluding diaryl/α,β-unsaturated/α-hetero) is 1. The van der Waals surface area contributed by atoms with Gasteiger partial charge in [-0.2, -0.15) is 0 Å². The molecule has 1 saturated carbocycles. The monoisotopic (exact) mass is 299 g/mol. The van der Waals surface area contributed by atoms with Gasteiger partial charge >= 0.3 is 0 Å². The Hall–Kier alpha value is -0.570. The predicted molar refractivity (Wildman–Crippen MR) is 80.2 cm³/mol. The number of hydrogen-bond donors (Lipinski definition) is 0. The number of likely N-dealkylation sites (N-methyl/N-ethyl adjacent to an activating group) is 1. The molecule has 0 radical (unpaired) electrons. The van der Waals surface area contributed by atoms with E-state index in [1.807, 2.05) is 14.0 Å². The minimum absolute atomic E-state index is 0.0532. The third kappa shape index (κ3) is 3.50. The third-order valence-electron chi connectivity index (χ3n) is 4.04. The van der Waals surface area contributed by atoms with E-state index in [9.17, 15) is 4.79 Å². The lowest BCUT2D eigenvalue weighted by molar-refractivity contribution is 0.0863. The van der Waals surface area contributed by atoms with E-state index in [4.69, 9.17) is 23.2 Å². The maximum atomic E-state index is 12.4. The second-order valence-electron chi connectivity index (χ2n) is 5.58. The fourth-order valence-corrected chi connectivity index (χ4v) is 2.80. The Morgan fingerprint density at radius 3 is 2.63 bits per heavy atom. The lowest BCUT2D eigenvalue weighted by atomic mass is 10.0. The Bertz CT molecular complexity index is 489. The van der Waals surface area contributed by atoms with Gasteiger partial charge in [0.15, 0.2) is 5.78 Å². The Morgan fingerprint density at radius 1 is 1.47 bits per heavy atom. The summed E-state index contributed by atoms with van der Waals surface area (Å²) in [6.07, 6.45) is 1.27. The average Bonchev–Trinajstić information content (AvgIpc) is 3.03. The molecule has 1 fully saturated rings. The van der Waals surface area contributed by atoms with Gasteiger partial charge in [0.25, 0.3) is 0 Å². The van der Waals surface area contributed by atoms with E-state index in [0.717, 1.165) is 18.4 Å². The largest absolute Gasteiger partial charge is 0.296 e. The van der Waals surface area contributed by atoms with E-state index >= 15 is 0 Å². The van der Waals surface area contributed by atoms with Gasteiger partial charge in [0.05, 0.1) is 11.1 Å². The van der Waals surface area contributed by atoms with Crippen LogP contribution < -0.4 is 0 Å². The Morgan fingerprint density at radius 2 is 2.11 bits per heavy atom. The number of nitrogens with zero attached hydrogens (tertiary/aromatic N) is 1. The quantitative estimate of drug-likeness (QED) is 0.761. The zero-order valence-corrected chi connectivity index (χ0v) is 13.0. The number of benzene rings is 1. The minimum Gasteiger partial charge on any atom is -0.296 e. The fourth-order valence-electron chi connectivity index (χ4n) is 2.30. The van der Waals surface area contributed by atoms with Gasteiger partial charge in [0.1, 0.15) is 0 Å². The van der Waals surface area contributed by atoms with Crippen molar-refractivity contribution in [2.75, 3.05) is 13.6 Å². The lowest BCUT2D eigenvalue weighted by Gasteiger charge is -2.24. The van der Waals surface area contributed by atoms with Crippen molar-refractivity contribution in [3.63, 3.8) is 0 Å². The molecule has 3 unspecified atom stereocenters. The van der Waals surface area contributed by atoms with Crippen LogP contribution in [0.4, 0.5) is 0 Å². The molecule has 0 spiro atoms. The second kappa shape index (κ2) is 5.82. The first-order chi connectivity index (χ1) is 8.90. The first-order valence-electron chi connectivity index (χ1n) is 6.59. The van der Waals surface area contributed by atoms with Crippen LogP contribution in [0.2, 0.25) is 10.0 Å². The van der Waals surface area contributed by atoms with Crippen LogP contribution in [-0.2, 0) is 0 Å². The molecule has 1 aliphatic rings. The Kier molecular flexibility index (Phi) is 4.54. The number of rotatable bonds is 5. The molecule has 0 aliphatic heterocycles. The van der Waals surface area contributed by atoms with Crippen molar-refractivity contribution in [3.8, 4) is 0 Å². The van der Waals surface area contributed by atoms with Gasteiger partial charge in [-0.1, -0.05) is 30.1 Å². The van der Waals surface area contributed by atoms with E-state index < -0.39 is 0 Å². The Balaban J connectivity index is 2.05. The molecule has 0 N–H and O–H groups in total. The standard InChI is InChI=1S/C15H19Cl2NO/c1-9-6-11(9)8-18(3)10(2)15(19)13-5-4-12(16)7-14(13)17/h4-5,7,9-11H,6,8H2,1-3H3. The summed E-state index contributed by atoms with van der Waals surface area (Å²) in [4.78, 5) is 14.5. The molecule has 2 rings (SSSR count). The maximum Gasteiger partial charge on any atom is 0.181 e. The summed E-state index contributed by atoms with van der Waals surface area (Å²) < 4.78 is 0. The summed E-state index contributed by atoms with van der Waals surface area (Å²) in [6.45, 7) is 5.15. The van der Waals surface area contributed by atoms with Crippen molar-refractivity contribution in [1.82, 2.24) is 4.90 Å². The average molecular weight is 300 g/mol. The highest BCUT2D eigenvalue weighted by atomic mass is 35.5. The van der Waals surface area contributed by atoms with Crippen LogP contribution in [0.25, 0.3) is 0 Å². The minimum atomic E-state index is -0.161. The smallest absolute Gasteiger partial charge is 0.181 e. The van der Waals surface area contributed by atoms with Gasteiger partial charge in [-0.3, -0.25) is 9.69 Å². The van der Waals surface area contributed by atoms with Crippen LogP contribution in [0, 0.1) is 11.8 Å². The number of carbonyl (C=O) groups excluding carboxylic acids is 1. The van der Waals surface area contributed by atoms with Gasteiger partial charge in [0, 0.05) is 17.1 Å². The number of hydrogen-bond acceptors (Lipinski definition) is 2. The summed E-state index contributed by atoms with van der Waals surface area (Å²) in [5, 5.41) is 0.979. The molecule has 0 amide bonds. The first kappa shape index (κ1) is 14.8. The molecule has 1 aromatic rings. The van der Waals surface area contributed by atoms with Gasteiger partial charge in [-0.15, -0.1) is 0 Å². The van der Waals surface area contributed by atoms with Crippen LogP contribution in [0.15, 0.2) is 18.2 Å². The van der Waals surface area contributed by atoms with Crippen molar-refractivity contribution < 1.29 is 4.79 Å². The van der Waals surface area contributed by atoms with Crippen LogP contribution in [0.5, 0.6) is 0 Å². The molecular formula is C15H19Cl2NO. The predicted octanol–water partition coefficient (Wildman–Crippen LogP) is 4.15. The van der Waals surface area contributed by atoms with Crippen LogP contribution in [0.3, 0.4) is 0 Å². The van der Waals surface area contributed by atoms with E-state index in [2.05, 4.69) is 11.8 Å². The second-order valence-corrected chi connectivity index (χ2v) is 6.42. The van der Waals surface area contributed by atoms with Crippen LogP contribution in [0.1, 0.15) is 30.6 Å². The molecule has 0 bridgehead atoms. The number of carbonyl (C=O) groups is 1. The van der Waals surface area contributed by atoms with Gasteiger partial charge in [-0.25, -0.2) is 0 Å². The summed E-state index contributed by atoms with van der Waals surface area (Å²) in [6, 6.07) is 4.87. The Labute approximate surface area is 124 Å². The normalized spacial score (nSPS) is 23.5. The molecule has 1 aromatic carbocycles. The summed E-state index contributed by atoms with van der Waals surface area (Å²) in [7, 11) is 2.00. The molecule has 2 nitrogen and oxygen atoms in total. The third-order valence-corrected chi connectivity index (χ3v) is 4.58. The first-order valence-corrected chi connectivity index (χ1v) is 7.35. The highest BCUT2D eigenvalue weighted by Crippen LogP contribution is 2.38. The summed E-state index contributed by atoms with van der Waals surface area (Å²) in [5.41, 5.74) is 0.550. The molecule has 0 saturated heterocycles. The van der Waals surface area contributed by atoms with E-state index in [1.54, 1.807) is 18.2 Å². The summed E-state index contributed by atoms with van der Waals surface area (Å²) >= 11 is 11.9.